The lowest BCUT2D eigenvalue weighted by Gasteiger charge is -2.32. The Labute approximate surface area is 198 Å². The Bertz CT molecular complexity index is 1070. The van der Waals surface area contributed by atoms with Crippen LogP contribution in [-0.2, 0) is 10.3 Å². The van der Waals surface area contributed by atoms with Gasteiger partial charge in [0.25, 0.3) is 0 Å². The quantitative estimate of drug-likeness (QED) is 0.465. The van der Waals surface area contributed by atoms with Gasteiger partial charge in [0.15, 0.2) is 0 Å². The fourth-order valence-corrected chi connectivity index (χ4v) is 3.96. The summed E-state index contributed by atoms with van der Waals surface area (Å²) in [6.07, 6.45) is 0. The summed E-state index contributed by atoms with van der Waals surface area (Å²) in [5.74, 6) is 1.12. The molecule has 0 bridgehead atoms. The van der Waals surface area contributed by atoms with Gasteiger partial charge < -0.3 is 20.3 Å². The molecule has 0 aliphatic carbocycles. The summed E-state index contributed by atoms with van der Waals surface area (Å²) in [5, 5.41) is 21.9. The van der Waals surface area contributed by atoms with Gasteiger partial charge in [-0.25, -0.2) is 0 Å². The molecule has 1 heterocycles. The van der Waals surface area contributed by atoms with Gasteiger partial charge in [-0.15, -0.1) is 0 Å². The van der Waals surface area contributed by atoms with Crippen molar-refractivity contribution in [3.05, 3.63) is 99.5 Å². The van der Waals surface area contributed by atoms with Crippen LogP contribution in [0.5, 0.6) is 5.75 Å². The number of amidine groups is 1. The van der Waals surface area contributed by atoms with Gasteiger partial charge >= 0.3 is 0 Å². The number of nitrogens with zero attached hydrogens (tertiary/aromatic N) is 1. The minimum absolute atomic E-state index is 0.254. The number of benzene rings is 3. The van der Waals surface area contributed by atoms with E-state index in [1.807, 2.05) is 43.2 Å². The Kier molecular flexibility index (Phi) is 8.36. The Morgan fingerprint density at radius 3 is 2.09 bits per heavy atom. The van der Waals surface area contributed by atoms with E-state index in [0.29, 0.717) is 0 Å². The van der Waals surface area contributed by atoms with Gasteiger partial charge in [-0.2, -0.15) is 0 Å². The van der Waals surface area contributed by atoms with Crippen LogP contribution in [0, 0.1) is 0 Å². The van der Waals surface area contributed by atoms with Crippen LogP contribution in [0.2, 0.25) is 0 Å². The molecular formula is C26H29BrN2O3. The summed E-state index contributed by atoms with van der Waals surface area (Å²) in [4.78, 5) is 12.5. The van der Waals surface area contributed by atoms with Crippen LogP contribution in [0.3, 0.4) is 0 Å². The molecular weight excluding hydrogens is 468 g/mol. The number of phenols is 1. The van der Waals surface area contributed by atoms with Crippen molar-refractivity contribution in [2.45, 2.75) is 31.9 Å². The number of phenolic OH excluding ortho intramolecular Hbond substituents is 1. The maximum absolute atomic E-state index is 9.74. The van der Waals surface area contributed by atoms with E-state index < -0.39 is 11.1 Å². The Balaban J connectivity index is 0.000000460. The molecule has 0 saturated heterocycles. The van der Waals surface area contributed by atoms with Crippen LogP contribution in [-0.4, -0.2) is 35.5 Å². The lowest BCUT2D eigenvalue weighted by molar-refractivity contribution is -0.0980. The Morgan fingerprint density at radius 2 is 1.53 bits per heavy atom. The van der Waals surface area contributed by atoms with E-state index >= 15 is 0 Å². The summed E-state index contributed by atoms with van der Waals surface area (Å²) < 4.78 is 1.02. The molecule has 0 radical (unpaired) electrons. The van der Waals surface area contributed by atoms with Gasteiger partial charge in [0.05, 0.1) is 5.60 Å². The van der Waals surface area contributed by atoms with Gasteiger partial charge in [-0.3, -0.25) is 4.99 Å². The SMILES string of the molecule is C=O.CC(C)(C)O.CN=C1NC(c2ccc(O)cc2)(c2cccc(Br)c2)c2ccccc21. The number of carbonyl (C=O) groups is 1. The first-order valence-electron chi connectivity index (χ1n) is 10.1. The number of aromatic hydroxyl groups is 1. The standard InChI is InChI=1S/C21H17BrN2O.C4H10O.CH2O/c1-23-20-18-7-2-3-8-19(18)21(24-20,14-9-11-17(25)12-10-14)15-5-4-6-16(22)13-15;1-4(2,3)5;1-2/h2-13,25H,1H3,(H,23,24);5H,1-3H3;1H2. The highest BCUT2D eigenvalue weighted by Crippen LogP contribution is 2.43. The molecule has 3 aromatic carbocycles. The molecule has 1 atom stereocenters. The molecule has 0 saturated carbocycles. The number of halogens is 1. The number of fused-ring (bicyclic) bond motifs is 1. The highest BCUT2D eigenvalue weighted by atomic mass is 79.9. The van der Waals surface area contributed by atoms with E-state index in [2.05, 4.69) is 50.5 Å². The number of aliphatic hydroxyl groups is 1. The van der Waals surface area contributed by atoms with Crippen LogP contribution >= 0.6 is 15.9 Å². The predicted octanol–water partition coefficient (Wildman–Crippen LogP) is 5.02. The zero-order valence-corrected chi connectivity index (χ0v) is 20.3. The third-order valence-electron chi connectivity index (χ3n) is 4.67. The number of carbonyl (C=O) groups excluding carboxylic acids is 1. The van der Waals surface area contributed by atoms with Crippen LogP contribution in [0.1, 0.15) is 43.0 Å². The molecule has 3 N–H and O–H groups in total. The topological polar surface area (TPSA) is 81.9 Å². The Hall–Kier alpha value is -2.96. The first kappa shape index (κ1) is 25.3. The summed E-state index contributed by atoms with van der Waals surface area (Å²) in [5.41, 5.74) is 3.36. The minimum atomic E-state index is -0.553. The third kappa shape index (κ3) is 5.64. The number of rotatable bonds is 2. The average Bonchev–Trinajstić information content (AvgIpc) is 3.10. The molecule has 5 nitrogen and oxygen atoms in total. The summed E-state index contributed by atoms with van der Waals surface area (Å²) in [6.45, 7) is 7.23. The third-order valence-corrected chi connectivity index (χ3v) is 5.17. The molecule has 3 aromatic rings. The van der Waals surface area contributed by atoms with Crippen LogP contribution in [0.25, 0.3) is 0 Å². The van der Waals surface area contributed by atoms with Crippen molar-refractivity contribution >= 4 is 28.6 Å². The summed E-state index contributed by atoms with van der Waals surface area (Å²) in [6, 6.07) is 23.9. The highest BCUT2D eigenvalue weighted by Gasteiger charge is 2.44. The van der Waals surface area contributed by atoms with Gasteiger partial charge in [0, 0.05) is 17.1 Å². The largest absolute Gasteiger partial charge is 0.508 e. The van der Waals surface area contributed by atoms with Crippen LogP contribution in [0.4, 0.5) is 0 Å². The van der Waals surface area contributed by atoms with Gasteiger partial charge in [0.1, 0.15) is 23.9 Å². The first-order chi connectivity index (χ1) is 15.1. The second-order valence-corrected chi connectivity index (χ2v) is 9.14. The van der Waals surface area contributed by atoms with Gasteiger partial charge in [0.2, 0.25) is 0 Å². The first-order valence-corrected chi connectivity index (χ1v) is 10.9. The Morgan fingerprint density at radius 1 is 0.938 bits per heavy atom. The lowest BCUT2D eigenvalue weighted by atomic mass is 9.78. The van der Waals surface area contributed by atoms with Crippen LogP contribution in [0.15, 0.2) is 82.3 Å². The van der Waals surface area contributed by atoms with Crippen molar-refractivity contribution in [3.63, 3.8) is 0 Å². The van der Waals surface area contributed by atoms with Crippen molar-refractivity contribution in [3.8, 4) is 5.75 Å². The van der Waals surface area contributed by atoms with E-state index in [0.717, 1.165) is 32.6 Å². The summed E-state index contributed by atoms with van der Waals surface area (Å²) in [7, 11) is 1.80. The van der Waals surface area contributed by atoms with E-state index in [-0.39, 0.29) is 5.75 Å². The van der Waals surface area contributed by atoms with E-state index in [1.54, 1.807) is 40.0 Å². The molecule has 1 aliphatic rings. The molecule has 0 fully saturated rings. The fourth-order valence-electron chi connectivity index (χ4n) is 3.56. The molecule has 0 amide bonds. The average molecular weight is 497 g/mol. The molecule has 0 aromatic heterocycles. The minimum Gasteiger partial charge on any atom is -0.508 e. The number of nitrogens with one attached hydrogen (secondary N) is 1. The van der Waals surface area contributed by atoms with Crippen molar-refractivity contribution in [1.29, 1.82) is 0 Å². The van der Waals surface area contributed by atoms with E-state index in [1.165, 1.54) is 0 Å². The van der Waals surface area contributed by atoms with Crippen molar-refractivity contribution in [1.82, 2.24) is 5.32 Å². The molecule has 1 unspecified atom stereocenters. The van der Waals surface area contributed by atoms with Gasteiger partial charge in [-0.1, -0.05) is 64.5 Å². The summed E-state index contributed by atoms with van der Waals surface area (Å²) >= 11 is 3.59. The molecule has 4 rings (SSSR count). The zero-order chi connectivity index (χ0) is 23.9. The number of hydrogen-bond donors (Lipinski definition) is 3. The highest BCUT2D eigenvalue weighted by molar-refractivity contribution is 9.10. The maximum atomic E-state index is 9.74. The second kappa shape index (κ2) is 10.6. The number of hydrogen-bond acceptors (Lipinski definition) is 4. The molecule has 6 heteroatoms. The molecule has 1 aliphatic heterocycles. The molecule has 0 spiro atoms. The van der Waals surface area contributed by atoms with Crippen molar-refractivity contribution in [2.24, 2.45) is 4.99 Å². The van der Waals surface area contributed by atoms with E-state index in [4.69, 9.17) is 9.90 Å². The fraction of sp³-hybridized carbons (Fsp3) is 0.231. The second-order valence-electron chi connectivity index (χ2n) is 8.22. The maximum Gasteiger partial charge on any atom is 0.129 e. The smallest absolute Gasteiger partial charge is 0.129 e. The predicted molar refractivity (Wildman–Crippen MR) is 133 cm³/mol. The number of aliphatic imine (C=N–C) groups is 1. The van der Waals surface area contributed by atoms with Crippen molar-refractivity contribution in [2.75, 3.05) is 7.05 Å². The van der Waals surface area contributed by atoms with Crippen molar-refractivity contribution < 1.29 is 15.0 Å². The molecule has 32 heavy (non-hydrogen) atoms. The van der Waals surface area contributed by atoms with Gasteiger partial charge in [-0.05, 0) is 61.7 Å². The van der Waals surface area contributed by atoms with E-state index in [9.17, 15) is 5.11 Å². The van der Waals surface area contributed by atoms with Crippen LogP contribution < -0.4 is 5.32 Å². The molecule has 168 valence electrons. The lowest BCUT2D eigenvalue weighted by Crippen LogP contribution is -2.41. The zero-order valence-electron chi connectivity index (χ0n) is 18.8. The monoisotopic (exact) mass is 496 g/mol. The normalized spacial score (nSPS) is 17.9.